The average Bonchev–Trinajstić information content (AvgIpc) is 2.86. The summed E-state index contributed by atoms with van der Waals surface area (Å²) in [6.07, 6.45) is 0.343. The molecule has 1 aromatic rings. The van der Waals surface area contributed by atoms with Crippen LogP contribution < -0.4 is 15.4 Å². The maximum absolute atomic E-state index is 11.9. The smallest absolute Gasteiger partial charge is 0.309 e. The third-order valence-electron chi connectivity index (χ3n) is 3.74. The van der Waals surface area contributed by atoms with Gasteiger partial charge in [0.1, 0.15) is 5.75 Å². The fourth-order valence-electron chi connectivity index (χ4n) is 2.40. The lowest BCUT2D eigenvalue weighted by atomic mass is 10.1. The fraction of sp³-hybridized carbons (Fsp3) is 0.467. The van der Waals surface area contributed by atoms with E-state index in [9.17, 15) is 18.0 Å². The Morgan fingerprint density at radius 1 is 1.22 bits per heavy atom. The van der Waals surface area contributed by atoms with Crippen LogP contribution in [0.15, 0.2) is 24.3 Å². The SMILES string of the molecule is COc1ccc(C(C)NC(=O)C(=O)NC2CCS(=O)(=O)C2)cc1. The van der Waals surface area contributed by atoms with Crippen LogP contribution in [0.1, 0.15) is 24.9 Å². The summed E-state index contributed by atoms with van der Waals surface area (Å²) in [6.45, 7) is 1.76. The van der Waals surface area contributed by atoms with Gasteiger partial charge in [-0.1, -0.05) is 12.1 Å². The Labute approximate surface area is 135 Å². The van der Waals surface area contributed by atoms with E-state index in [2.05, 4.69) is 10.6 Å². The van der Waals surface area contributed by atoms with Crippen LogP contribution in [0.5, 0.6) is 5.75 Å². The van der Waals surface area contributed by atoms with Crippen LogP contribution >= 0.6 is 0 Å². The van der Waals surface area contributed by atoms with E-state index in [4.69, 9.17) is 4.74 Å². The molecule has 0 aliphatic carbocycles. The topological polar surface area (TPSA) is 102 Å². The van der Waals surface area contributed by atoms with Crippen molar-refractivity contribution in [1.29, 1.82) is 0 Å². The number of nitrogens with one attached hydrogen (secondary N) is 2. The van der Waals surface area contributed by atoms with E-state index in [1.165, 1.54) is 0 Å². The highest BCUT2D eigenvalue weighted by atomic mass is 32.2. The van der Waals surface area contributed by atoms with Gasteiger partial charge in [-0.25, -0.2) is 8.42 Å². The molecular weight excluding hydrogens is 320 g/mol. The van der Waals surface area contributed by atoms with Crippen molar-refractivity contribution in [2.75, 3.05) is 18.6 Å². The quantitative estimate of drug-likeness (QED) is 0.761. The van der Waals surface area contributed by atoms with Crippen molar-refractivity contribution in [2.45, 2.75) is 25.4 Å². The van der Waals surface area contributed by atoms with E-state index in [1.807, 2.05) is 0 Å². The van der Waals surface area contributed by atoms with Gasteiger partial charge in [-0.05, 0) is 31.0 Å². The number of sulfone groups is 1. The highest BCUT2D eigenvalue weighted by Crippen LogP contribution is 2.17. The largest absolute Gasteiger partial charge is 0.497 e. The van der Waals surface area contributed by atoms with E-state index in [1.54, 1.807) is 38.3 Å². The molecule has 0 aromatic heterocycles. The van der Waals surface area contributed by atoms with Gasteiger partial charge in [-0.15, -0.1) is 0 Å². The summed E-state index contributed by atoms with van der Waals surface area (Å²) in [5.41, 5.74) is 0.829. The normalized spacial score (nSPS) is 20.5. The van der Waals surface area contributed by atoms with Crippen molar-refractivity contribution in [1.82, 2.24) is 10.6 Å². The summed E-state index contributed by atoms with van der Waals surface area (Å²) >= 11 is 0. The number of benzene rings is 1. The lowest BCUT2D eigenvalue weighted by Crippen LogP contribution is -2.45. The molecule has 0 bridgehead atoms. The van der Waals surface area contributed by atoms with Crippen molar-refractivity contribution in [3.05, 3.63) is 29.8 Å². The number of amides is 2. The lowest BCUT2D eigenvalue weighted by Gasteiger charge is -2.16. The van der Waals surface area contributed by atoms with Gasteiger partial charge in [-0.2, -0.15) is 0 Å². The first kappa shape index (κ1) is 17.3. The second-order valence-electron chi connectivity index (χ2n) is 5.54. The van der Waals surface area contributed by atoms with E-state index in [0.717, 1.165) is 5.56 Å². The van der Waals surface area contributed by atoms with Gasteiger partial charge >= 0.3 is 11.8 Å². The third-order valence-corrected chi connectivity index (χ3v) is 5.51. The average molecular weight is 340 g/mol. The Hall–Kier alpha value is -2.09. The Morgan fingerprint density at radius 3 is 2.39 bits per heavy atom. The van der Waals surface area contributed by atoms with E-state index < -0.39 is 27.7 Å². The van der Waals surface area contributed by atoms with Crippen molar-refractivity contribution in [3.63, 3.8) is 0 Å². The van der Waals surface area contributed by atoms with Gasteiger partial charge in [0.15, 0.2) is 9.84 Å². The van der Waals surface area contributed by atoms with Gasteiger partial charge in [0.25, 0.3) is 0 Å². The number of rotatable bonds is 4. The van der Waals surface area contributed by atoms with Crippen molar-refractivity contribution < 1.29 is 22.7 Å². The predicted molar refractivity (Wildman–Crippen MR) is 84.8 cm³/mol. The molecule has 126 valence electrons. The standard InChI is InChI=1S/C15H20N2O5S/c1-10(11-3-5-13(22-2)6-4-11)16-14(18)15(19)17-12-7-8-23(20,21)9-12/h3-6,10,12H,7-9H2,1-2H3,(H,16,18)(H,17,19). The molecule has 1 aliphatic rings. The van der Waals surface area contributed by atoms with Crippen molar-refractivity contribution >= 4 is 21.7 Å². The summed E-state index contributed by atoms with van der Waals surface area (Å²) in [5, 5.41) is 5.05. The van der Waals surface area contributed by atoms with Crippen LogP contribution in [0.3, 0.4) is 0 Å². The second kappa shape index (κ2) is 6.99. The minimum Gasteiger partial charge on any atom is -0.497 e. The zero-order chi connectivity index (χ0) is 17.0. The number of hydrogen-bond acceptors (Lipinski definition) is 5. The number of hydrogen-bond donors (Lipinski definition) is 2. The lowest BCUT2D eigenvalue weighted by molar-refractivity contribution is -0.139. The van der Waals surface area contributed by atoms with Crippen molar-refractivity contribution in [2.24, 2.45) is 0 Å². The maximum Gasteiger partial charge on any atom is 0.309 e. The Balaban J connectivity index is 1.88. The number of carbonyl (C=O) groups is 2. The molecular formula is C15H20N2O5S. The molecule has 2 N–H and O–H groups in total. The van der Waals surface area contributed by atoms with Crippen LogP contribution in [0, 0.1) is 0 Å². The third kappa shape index (κ3) is 4.69. The summed E-state index contributed by atoms with van der Waals surface area (Å²) in [7, 11) is -1.53. The molecule has 0 saturated carbocycles. The van der Waals surface area contributed by atoms with Crippen LogP contribution in [0.25, 0.3) is 0 Å². The molecule has 8 heteroatoms. The van der Waals surface area contributed by atoms with Crippen LogP contribution in [-0.2, 0) is 19.4 Å². The first-order valence-electron chi connectivity index (χ1n) is 7.26. The van der Waals surface area contributed by atoms with Gasteiger partial charge in [0, 0.05) is 6.04 Å². The predicted octanol–water partition coefficient (Wildman–Crippen LogP) is 0.176. The maximum atomic E-state index is 11.9. The molecule has 23 heavy (non-hydrogen) atoms. The molecule has 1 fully saturated rings. The van der Waals surface area contributed by atoms with Gasteiger partial charge in [0.05, 0.1) is 24.7 Å². The Kier molecular flexibility index (Phi) is 5.25. The van der Waals surface area contributed by atoms with Gasteiger partial charge in [0.2, 0.25) is 0 Å². The molecule has 1 saturated heterocycles. The molecule has 2 unspecified atom stereocenters. The summed E-state index contributed by atoms with van der Waals surface area (Å²) < 4.78 is 27.7. The number of ether oxygens (including phenoxy) is 1. The monoisotopic (exact) mass is 340 g/mol. The van der Waals surface area contributed by atoms with Crippen LogP contribution in [0.4, 0.5) is 0 Å². The van der Waals surface area contributed by atoms with Crippen LogP contribution in [-0.4, -0.2) is 44.9 Å². The number of carbonyl (C=O) groups excluding carboxylic acids is 2. The van der Waals surface area contributed by atoms with Crippen LogP contribution in [0.2, 0.25) is 0 Å². The molecule has 0 spiro atoms. The molecule has 2 atom stereocenters. The summed E-state index contributed by atoms with van der Waals surface area (Å²) in [5.74, 6) is -0.959. The highest BCUT2D eigenvalue weighted by Gasteiger charge is 2.30. The summed E-state index contributed by atoms with van der Waals surface area (Å²) in [6, 6.07) is 6.28. The molecule has 1 heterocycles. The molecule has 1 aromatic carbocycles. The van der Waals surface area contributed by atoms with Gasteiger partial charge < -0.3 is 15.4 Å². The molecule has 2 amide bonds. The van der Waals surface area contributed by atoms with Crippen molar-refractivity contribution in [3.8, 4) is 5.75 Å². The summed E-state index contributed by atoms with van der Waals surface area (Å²) in [4.78, 5) is 23.7. The molecule has 2 rings (SSSR count). The minimum atomic E-state index is -3.10. The first-order valence-corrected chi connectivity index (χ1v) is 9.08. The molecule has 7 nitrogen and oxygen atoms in total. The number of methoxy groups -OCH3 is 1. The zero-order valence-corrected chi connectivity index (χ0v) is 13.9. The van der Waals surface area contributed by atoms with Gasteiger partial charge in [-0.3, -0.25) is 9.59 Å². The first-order chi connectivity index (χ1) is 10.8. The second-order valence-corrected chi connectivity index (χ2v) is 7.77. The molecule has 1 aliphatic heterocycles. The molecule has 0 radical (unpaired) electrons. The Bertz CT molecular complexity index is 684. The zero-order valence-electron chi connectivity index (χ0n) is 13.0. The fourth-order valence-corrected chi connectivity index (χ4v) is 4.07. The van der Waals surface area contributed by atoms with E-state index >= 15 is 0 Å². The van der Waals surface area contributed by atoms with E-state index in [0.29, 0.717) is 12.2 Å². The van der Waals surface area contributed by atoms with E-state index in [-0.39, 0.29) is 17.5 Å². The Morgan fingerprint density at radius 2 is 1.87 bits per heavy atom. The minimum absolute atomic E-state index is 0.0435. The highest BCUT2D eigenvalue weighted by molar-refractivity contribution is 7.91.